The standard InChI is InChI=1S/C14H20N2O.C3H8.C2H6/c1-11-4-5-12-6-7-16(9-13(12)8-11)10-14(17)15(2)3;1-3-2;1-2/h4-5,8H,6-7,9-10H2,1-3H3;3H2,1-2H3;1-2H3. The lowest BCUT2D eigenvalue weighted by atomic mass is 9.98. The molecule has 3 nitrogen and oxygen atoms in total. The maximum absolute atomic E-state index is 11.7. The minimum absolute atomic E-state index is 0.182. The molecule has 22 heavy (non-hydrogen) atoms. The highest BCUT2D eigenvalue weighted by molar-refractivity contribution is 5.77. The van der Waals surface area contributed by atoms with Crippen LogP contribution in [-0.2, 0) is 17.8 Å². The number of carbonyl (C=O) groups excluding carboxylic acids is 1. The van der Waals surface area contributed by atoms with E-state index in [1.165, 1.54) is 23.1 Å². The minimum Gasteiger partial charge on any atom is -0.348 e. The van der Waals surface area contributed by atoms with Gasteiger partial charge < -0.3 is 4.90 Å². The molecule has 0 unspecified atom stereocenters. The van der Waals surface area contributed by atoms with Crippen LogP contribution in [0.4, 0.5) is 0 Å². The Bertz CT molecular complexity index is 441. The van der Waals surface area contributed by atoms with Crippen LogP contribution < -0.4 is 0 Å². The second-order valence-electron chi connectivity index (χ2n) is 5.73. The molecule has 0 fully saturated rings. The Morgan fingerprint density at radius 3 is 2.32 bits per heavy atom. The Labute approximate surface area is 137 Å². The van der Waals surface area contributed by atoms with Crippen LogP contribution in [0.25, 0.3) is 0 Å². The van der Waals surface area contributed by atoms with Gasteiger partial charge in [-0.25, -0.2) is 0 Å². The summed E-state index contributed by atoms with van der Waals surface area (Å²) in [5, 5.41) is 0. The van der Waals surface area contributed by atoms with Crippen LogP contribution in [0, 0.1) is 6.92 Å². The Morgan fingerprint density at radius 1 is 1.18 bits per heavy atom. The fourth-order valence-electron chi connectivity index (χ4n) is 2.21. The zero-order chi connectivity index (χ0) is 17.1. The highest BCUT2D eigenvalue weighted by Crippen LogP contribution is 2.19. The fourth-order valence-corrected chi connectivity index (χ4v) is 2.21. The molecule has 0 aromatic heterocycles. The number of hydrogen-bond donors (Lipinski definition) is 0. The number of amides is 1. The van der Waals surface area contributed by atoms with E-state index in [9.17, 15) is 4.79 Å². The van der Waals surface area contributed by atoms with Gasteiger partial charge in [-0.1, -0.05) is 57.9 Å². The van der Waals surface area contributed by atoms with Crippen LogP contribution in [0.15, 0.2) is 18.2 Å². The van der Waals surface area contributed by atoms with Crippen molar-refractivity contribution in [2.45, 2.75) is 54.0 Å². The second-order valence-corrected chi connectivity index (χ2v) is 5.73. The Balaban J connectivity index is 0.000000789. The van der Waals surface area contributed by atoms with Gasteiger partial charge in [-0.05, 0) is 24.5 Å². The molecular formula is C19H34N2O. The molecule has 1 aliphatic rings. The number of benzene rings is 1. The van der Waals surface area contributed by atoms with Crippen LogP contribution in [0.3, 0.4) is 0 Å². The summed E-state index contributed by atoms with van der Waals surface area (Å²) in [5.41, 5.74) is 4.11. The lowest BCUT2D eigenvalue weighted by molar-refractivity contribution is -0.130. The molecule has 1 amide bonds. The van der Waals surface area contributed by atoms with E-state index in [-0.39, 0.29) is 5.91 Å². The summed E-state index contributed by atoms with van der Waals surface area (Å²) < 4.78 is 0. The Kier molecular flexibility index (Phi) is 10.6. The monoisotopic (exact) mass is 306 g/mol. The third-order valence-corrected chi connectivity index (χ3v) is 3.31. The molecule has 3 heteroatoms. The molecule has 0 spiro atoms. The first-order chi connectivity index (χ1) is 10.5. The normalized spacial score (nSPS) is 13.0. The van der Waals surface area contributed by atoms with Crippen molar-refractivity contribution in [1.82, 2.24) is 9.80 Å². The molecule has 1 aromatic carbocycles. The Morgan fingerprint density at radius 2 is 1.77 bits per heavy atom. The van der Waals surface area contributed by atoms with Gasteiger partial charge in [0.15, 0.2) is 0 Å². The summed E-state index contributed by atoms with van der Waals surface area (Å²) >= 11 is 0. The number of fused-ring (bicyclic) bond motifs is 1. The highest BCUT2D eigenvalue weighted by atomic mass is 16.2. The topological polar surface area (TPSA) is 23.6 Å². The first-order valence-corrected chi connectivity index (χ1v) is 8.48. The van der Waals surface area contributed by atoms with E-state index in [0.717, 1.165) is 19.5 Å². The minimum atomic E-state index is 0.182. The zero-order valence-corrected chi connectivity index (χ0v) is 15.6. The first kappa shape index (κ1) is 20.6. The maximum Gasteiger partial charge on any atom is 0.236 e. The van der Waals surface area contributed by atoms with Crippen molar-refractivity contribution in [1.29, 1.82) is 0 Å². The van der Waals surface area contributed by atoms with Crippen molar-refractivity contribution in [3.8, 4) is 0 Å². The number of aryl methyl sites for hydroxylation is 1. The predicted molar refractivity (Wildman–Crippen MR) is 96.2 cm³/mol. The van der Waals surface area contributed by atoms with Crippen LogP contribution in [0.5, 0.6) is 0 Å². The van der Waals surface area contributed by atoms with Gasteiger partial charge in [0.2, 0.25) is 5.91 Å². The average Bonchev–Trinajstić information content (AvgIpc) is 2.49. The summed E-state index contributed by atoms with van der Waals surface area (Å²) in [5.74, 6) is 0.182. The molecule has 126 valence electrons. The highest BCUT2D eigenvalue weighted by Gasteiger charge is 2.18. The maximum atomic E-state index is 11.7. The van der Waals surface area contributed by atoms with Crippen LogP contribution in [0.1, 0.15) is 50.8 Å². The molecule has 0 atom stereocenters. The van der Waals surface area contributed by atoms with E-state index in [4.69, 9.17) is 0 Å². The van der Waals surface area contributed by atoms with Gasteiger partial charge in [0.1, 0.15) is 0 Å². The zero-order valence-electron chi connectivity index (χ0n) is 15.6. The second kappa shape index (κ2) is 11.2. The number of nitrogens with zero attached hydrogens (tertiary/aromatic N) is 2. The molecule has 0 radical (unpaired) electrons. The summed E-state index contributed by atoms with van der Waals surface area (Å²) in [6.45, 7) is 12.8. The van der Waals surface area contributed by atoms with Gasteiger partial charge in [0.25, 0.3) is 0 Å². The van der Waals surface area contributed by atoms with Crippen molar-refractivity contribution in [2.75, 3.05) is 27.2 Å². The van der Waals surface area contributed by atoms with Crippen molar-refractivity contribution in [3.63, 3.8) is 0 Å². The smallest absolute Gasteiger partial charge is 0.236 e. The third kappa shape index (κ3) is 7.08. The molecule has 1 heterocycles. The predicted octanol–water partition coefficient (Wildman–Crippen LogP) is 3.88. The molecule has 0 aliphatic carbocycles. The van der Waals surface area contributed by atoms with E-state index >= 15 is 0 Å². The lowest BCUT2D eigenvalue weighted by Crippen LogP contribution is -2.39. The molecule has 0 saturated heterocycles. The molecule has 2 rings (SSSR count). The fraction of sp³-hybridized carbons (Fsp3) is 0.632. The van der Waals surface area contributed by atoms with Crippen molar-refractivity contribution >= 4 is 5.91 Å². The van der Waals surface area contributed by atoms with E-state index in [2.05, 4.69) is 43.9 Å². The molecule has 1 aliphatic heterocycles. The summed E-state index contributed by atoms with van der Waals surface area (Å²) in [7, 11) is 3.62. The van der Waals surface area contributed by atoms with Gasteiger partial charge in [-0.2, -0.15) is 0 Å². The number of hydrogen-bond acceptors (Lipinski definition) is 2. The molecule has 1 aromatic rings. The number of rotatable bonds is 2. The van der Waals surface area contributed by atoms with Gasteiger partial charge in [0.05, 0.1) is 6.54 Å². The largest absolute Gasteiger partial charge is 0.348 e. The number of likely N-dealkylation sites (N-methyl/N-ethyl adjacent to an activating group) is 1. The average molecular weight is 306 g/mol. The summed E-state index contributed by atoms with van der Waals surface area (Å²) in [6.07, 6.45) is 2.30. The van der Waals surface area contributed by atoms with E-state index in [1.807, 2.05) is 27.9 Å². The quantitative estimate of drug-likeness (QED) is 0.828. The van der Waals surface area contributed by atoms with E-state index < -0.39 is 0 Å². The number of carbonyl (C=O) groups is 1. The van der Waals surface area contributed by atoms with E-state index in [1.54, 1.807) is 4.90 Å². The molecular weight excluding hydrogens is 272 g/mol. The molecule has 0 N–H and O–H groups in total. The molecule has 0 bridgehead atoms. The van der Waals surface area contributed by atoms with Crippen LogP contribution >= 0.6 is 0 Å². The van der Waals surface area contributed by atoms with Crippen molar-refractivity contribution < 1.29 is 4.79 Å². The van der Waals surface area contributed by atoms with E-state index in [0.29, 0.717) is 6.54 Å². The SMILES string of the molecule is CC.CCC.Cc1ccc2c(c1)CN(CC(=O)N(C)C)CC2. The summed E-state index contributed by atoms with van der Waals surface area (Å²) in [6, 6.07) is 6.62. The van der Waals surface area contributed by atoms with Crippen molar-refractivity contribution in [2.24, 2.45) is 0 Å². The first-order valence-electron chi connectivity index (χ1n) is 8.48. The van der Waals surface area contributed by atoms with Crippen LogP contribution in [-0.4, -0.2) is 42.9 Å². The third-order valence-electron chi connectivity index (χ3n) is 3.31. The van der Waals surface area contributed by atoms with Crippen molar-refractivity contribution in [3.05, 3.63) is 34.9 Å². The van der Waals surface area contributed by atoms with Gasteiger partial charge in [-0.3, -0.25) is 9.69 Å². The Hall–Kier alpha value is -1.35. The van der Waals surface area contributed by atoms with Gasteiger partial charge >= 0.3 is 0 Å². The lowest BCUT2D eigenvalue weighted by Gasteiger charge is -2.29. The van der Waals surface area contributed by atoms with Gasteiger partial charge in [0, 0.05) is 27.2 Å². The summed E-state index contributed by atoms with van der Waals surface area (Å²) in [4.78, 5) is 15.6. The van der Waals surface area contributed by atoms with Crippen LogP contribution in [0.2, 0.25) is 0 Å². The van der Waals surface area contributed by atoms with Gasteiger partial charge in [-0.15, -0.1) is 0 Å². The molecule has 0 saturated carbocycles.